The lowest BCUT2D eigenvalue weighted by atomic mass is 10.1. The van der Waals surface area contributed by atoms with Gasteiger partial charge in [-0.05, 0) is 24.3 Å². The number of hydrogen-bond donors (Lipinski definition) is 2. The number of benzene rings is 1. The molecule has 0 spiro atoms. The Kier molecular flexibility index (Phi) is 3.04. The standard InChI is InChI=1S/C14H12N2O3/c17-14-6-11(16-12-2-1-5-15-7-12)3-4-13(14)10-8-18-19-9-10/h1-8,16-17H,9H2. The lowest BCUT2D eigenvalue weighted by molar-refractivity contribution is -0.220. The summed E-state index contributed by atoms with van der Waals surface area (Å²) in [6, 6.07) is 9.09. The maximum Gasteiger partial charge on any atom is 0.136 e. The highest BCUT2D eigenvalue weighted by Gasteiger charge is 2.13. The van der Waals surface area contributed by atoms with E-state index in [1.165, 1.54) is 6.26 Å². The van der Waals surface area contributed by atoms with Crippen molar-refractivity contribution >= 4 is 16.9 Å². The summed E-state index contributed by atoms with van der Waals surface area (Å²) in [5.41, 5.74) is 3.16. The van der Waals surface area contributed by atoms with E-state index in [4.69, 9.17) is 9.78 Å². The molecule has 5 heteroatoms. The molecule has 1 aliphatic heterocycles. The number of aromatic nitrogens is 1. The molecule has 1 aromatic carbocycles. The zero-order chi connectivity index (χ0) is 13.1. The number of anilines is 2. The van der Waals surface area contributed by atoms with Crippen molar-refractivity contribution < 1.29 is 14.9 Å². The van der Waals surface area contributed by atoms with Crippen molar-refractivity contribution in [2.45, 2.75) is 0 Å². The number of hydrogen-bond acceptors (Lipinski definition) is 5. The van der Waals surface area contributed by atoms with Gasteiger partial charge in [0.25, 0.3) is 0 Å². The second-order valence-electron chi connectivity index (χ2n) is 4.10. The molecule has 0 bridgehead atoms. The van der Waals surface area contributed by atoms with Gasteiger partial charge in [0, 0.05) is 29.1 Å². The SMILES string of the molecule is Oc1cc(Nc2cccnc2)ccc1C1=COOC1. The van der Waals surface area contributed by atoms with Crippen molar-refractivity contribution in [3.05, 3.63) is 54.6 Å². The predicted molar refractivity (Wildman–Crippen MR) is 70.6 cm³/mol. The molecule has 0 amide bonds. The van der Waals surface area contributed by atoms with Gasteiger partial charge in [-0.1, -0.05) is 0 Å². The summed E-state index contributed by atoms with van der Waals surface area (Å²) in [6.07, 6.45) is 4.91. The Labute approximate surface area is 110 Å². The highest BCUT2D eigenvalue weighted by molar-refractivity contribution is 5.74. The highest BCUT2D eigenvalue weighted by atomic mass is 17.2. The molecule has 3 rings (SSSR count). The van der Waals surface area contributed by atoms with Crippen molar-refractivity contribution in [3.8, 4) is 5.75 Å². The molecule has 2 aromatic rings. The van der Waals surface area contributed by atoms with Crippen LogP contribution in [0.1, 0.15) is 5.56 Å². The highest BCUT2D eigenvalue weighted by Crippen LogP contribution is 2.31. The third-order valence-electron chi connectivity index (χ3n) is 2.77. The smallest absolute Gasteiger partial charge is 0.136 e. The first kappa shape index (κ1) is 11.6. The number of nitrogens with one attached hydrogen (secondary N) is 1. The summed E-state index contributed by atoms with van der Waals surface area (Å²) in [7, 11) is 0. The van der Waals surface area contributed by atoms with Gasteiger partial charge in [-0.2, -0.15) is 4.89 Å². The minimum Gasteiger partial charge on any atom is -0.507 e. The molecule has 0 aliphatic carbocycles. The Morgan fingerprint density at radius 3 is 2.84 bits per heavy atom. The molecule has 0 unspecified atom stereocenters. The van der Waals surface area contributed by atoms with E-state index in [-0.39, 0.29) is 5.75 Å². The normalized spacial score (nSPS) is 13.8. The summed E-state index contributed by atoms with van der Waals surface area (Å²) in [5, 5.41) is 13.2. The van der Waals surface area contributed by atoms with E-state index >= 15 is 0 Å². The summed E-state index contributed by atoms with van der Waals surface area (Å²) in [6.45, 7) is 0.336. The van der Waals surface area contributed by atoms with Crippen LogP contribution in [0.5, 0.6) is 5.75 Å². The Balaban J connectivity index is 1.83. The van der Waals surface area contributed by atoms with E-state index in [9.17, 15) is 5.11 Å². The van der Waals surface area contributed by atoms with Crippen molar-refractivity contribution in [1.82, 2.24) is 4.98 Å². The third-order valence-corrected chi connectivity index (χ3v) is 2.77. The minimum atomic E-state index is 0.175. The van der Waals surface area contributed by atoms with Gasteiger partial charge >= 0.3 is 0 Å². The number of nitrogens with zero attached hydrogens (tertiary/aromatic N) is 1. The molecule has 0 fully saturated rings. The largest absolute Gasteiger partial charge is 0.507 e. The lowest BCUT2D eigenvalue weighted by Crippen LogP contribution is -1.93. The van der Waals surface area contributed by atoms with Crippen LogP contribution in [0, 0.1) is 0 Å². The first-order valence-electron chi connectivity index (χ1n) is 5.81. The van der Waals surface area contributed by atoms with Crippen molar-refractivity contribution in [3.63, 3.8) is 0 Å². The van der Waals surface area contributed by atoms with Crippen LogP contribution in [0.2, 0.25) is 0 Å². The van der Waals surface area contributed by atoms with Gasteiger partial charge in [-0.15, -0.1) is 0 Å². The topological polar surface area (TPSA) is 63.6 Å². The molecule has 0 atom stereocenters. The molecule has 0 radical (unpaired) electrons. The maximum absolute atomic E-state index is 10.0. The number of pyridine rings is 1. The number of phenols is 1. The van der Waals surface area contributed by atoms with E-state index in [1.807, 2.05) is 24.3 Å². The Hall–Kier alpha value is -2.53. The van der Waals surface area contributed by atoms with Gasteiger partial charge in [0.2, 0.25) is 0 Å². The minimum absolute atomic E-state index is 0.175. The van der Waals surface area contributed by atoms with Crippen LogP contribution in [0.3, 0.4) is 0 Å². The van der Waals surface area contributed by atoms with Gasteiger partial charge in [-0.3, -0.25) is 4.98 Å². The number of aromatic hydroxyl groups is 1. The maximum atomic E-state index is 10.0. The van der Waals surface area contributed by atoms with Gasteiger partial charge in [0.1, 0.15) is 18.6 Å². The zero-order valence-corrected chi connectivity index (χ0v) is 10.0. The average Bonchev–Trinajstić information content (AvgIpc) is 2.94. The third kappa shape index (κ3) is 2.51. The fourth-order valence-corrected chi connectivity index (χ4v) is 1.85. The monoisotopic (exact) mass is 256 g/mol. The average molecular weight is 256 g/mol. The van der Waals surface area contributed by atoms with E-state index in [0.29, 0.717) is 12.2 Å². The zero-order valence-electron chi connectivity index (χ0n) is 10.0. The molecule has 5 nitrogen and oxygen atoms in total. The summed E-state index contributed by atoms with van der Waals surface area (Å²) >= 11 is 0. The molecular weight excluding hydrogens is 244 g/mol. The summed E-state index contributed by atoms with van der Waals surface area (Å²) in [5.74, 6) is 0.175. The molecule has 96 valence electrons. The van der Waals surface area contributed by atoms with Crippen LogP contribution in [0.4, 0.5) is 11.4 Å². The fraction of sp³-hybridized carbons (Fsp3) is 0.0714. The summed E-state index contributed by atoms with van der Waals surface area (Å²) < 4.78 is 0. The van der Waals surface area contributed by atoms with Crippen molar-refractivity contribution in [2.75, 3.05) is 11.9 Å². The van der Waals surface area contributed by atoms with Crippen molar-refractivity contribution in [1.29, 1.82) is 0 Å². The quantitative estimate of drug-likeness (QED) is 0.827. The Morgan fingerprint density at radius 1 is 1.21 bits per heavy atom. The van der Waals surface area contributed by atoms with Crippen LogP contribution in [-0.2, 0) is 9.78 Å². The van der Waals surface area contributed by atoms with Crippen LogP contribution in [0.25, 0.3) is 5.57 Å². The van der Waals surface area contributed by atoms with Gasteiger partial charge in [0.05, 0.1) is 11.9 Å². The van der Waals surface area contributed by atoms with Crippen LogP contribution < -0.4 is 5.32 Å². The molecule has 0 saturated heterocycles. The predicted octanol–water partition coefficient (Wildman–Crippen LogP) is 2.83. The first-order chi connectivity index (χ1) is 9.33. The second-order valence-corrected chi connectivity index (χ2v) is 4.10. The first-order valence-corrected chi connectivity index (χ1v) is 5.81. The lowest BCUT2D eigenvalue weighted by Gasteiger charge is -2.09. The molecule has 2 heterocycles. The number of rotatable bonds is 3. The van der Waals surface area contributed by atoms with E-state index in [1.54, 1.807) is 18.5 Å². The fourth-order valence-electron chi connectivity index (χ4n) is 1.85. The Bertz CT molecular complexity index is 611. The molecular formula is C14H12N2O3. The van der Waals surface area contributed by atoms with E-state index in [0.717, 1.165) is 16.9 Å². The summed E-state index contributed by atoms with van der Waals surface area (Å²) in [4.78, 5) is 13.5. The van der Waals surface area contributed by atoms with E-state index < -0.39 is 0 Å². The molecule has 19 heavy (non-hydrogen) atoms. The second kappa shape index (κ2) is 4.99. The van der Waals surface area contributed by atoms with Crippen molar-refractivity contribution in [2.24, 2.45) is 0 Å². The van der Waals surface area contributed by atoms with Crippen LogP contribution >= 0.6 is 0 Å². The van der Waals surface area contributed by atoms with Crippen LogP contribution in [0.15, 0.2) is 49.0 Å². The Morgan fingerprint density at radius 2 is 2.16 bits per heavy atom. The van der Waals surface area contributed by atoms with Crippen LogP contribution in [-0.4, -0.2) is 16.7 Å². The molecule has 1 aromatic heterocycles. The van der Waals surface area contributed by atoms with Gasteiger partial charge < -0.3 is 15.3 Å². The molecule has 0 saturated carbocycles. The molecule has 2 N–H and O–H groups in total. The van der Waals surface area contributed by atoms with Gasteiger partial charge in [0.15, 0.2) is 0 Å². The van der Waals surface area contributed by atoms with Gasteiger partial charge in [-0.25, -0.2) is 0 Å². The molecule has 1 aliphatic rings. The van der Waals surface area contributed by atoms with E-state index in [2.05, 4.69) is 10.3 Å². The number of phenolic OH excluding ortho intramolecular Hbond substituents is 1.